The van der Waals surface area contributed by atoms with E-state index in [0.717, 1.165) is 128 Å². The van der Waals surface area contributed by atoms with Gasteiger partial charge in [0, 0.05) is 88.2 Å². The Balaban J connectivity index is 0.954. The van der Waals surface area contributed by atoms with Crippen LogP contribution in [-0.2, 0) is 0 Å². The molecule has 10 aromatic rings. The minimum absolute atomic E-state index is 0.596. The maximum atomic E-state index is 5.66. The van der Waals surface area contributed by atoms with E-state index in [2.05, 4.69) is 316 Å². The number of benzene rings is 7. The van der Waals surface area contributed by atoms with Crippen molar-refractivity contribution >= 4 is 66.2 Å². The molecule has 0 fully saturated rings. The van der Waals surface area contributed by atoms with Gasteiger partial charge in [0.15, 0.2) is 0 Å². The molecule has 2 aliphatic rings. The number of aromatic nitrogens is 4. The highest BCUT2D eigenvalue weighted by Crippen LogP contribution is 2.43. The summed E-state index contributed by atoms with van der Waals surface area (Å²) in [5, 5.41) is 0. The van der Waals surface area contributed by atoms with Crippen molar-refractivity contribution in [2.24, 2.45) is 0 Å². The fraction of sp³-hybridized carbons (Fsp3) is 0.186. The molecule has 0 saturated carbocycles. The fourth-order valence-corrected chi connectivity index (χ4v) is 19.6. The number of aromatic amines is 2. The molecule has 0 amide bonds. The van der Waals surface area contributed by atoms with Crippen LogP contribution in [0.1, 0.15) is 137 Å². The Bertz CT molecular complexity index is 4930. The molecule has 8 bridgehead atoms. The number of fused-ring (bicyclic) bond motifs is 8. The standard InChI is InChI=1S/C86H76N4SSi/c1-54(2)92(55(3)4,56(5)6)48-47-68-27-25-65(26-28-68)22-21-63-17-19-64(20-18-63)23-24-66-31-35-70(36-32-66)83-73-39-43-77(87-73)85(81-59(9)49-57(7)50-60(81)10)79-45-41-75(89-79)84(71-37-33-67(34-38-71)29-30-69-15-14-16-72(53-69)91-13)76-42-46-80(90-76)86(78-44-40-74(83)88-78)82-61(11)51-58(8)52-62(82)12/h14-20,25-28,31-46,49-56,87,90H,1-13H3. The van der Waals surface area contributed by atoms with Crippen LogP contribution >= 0.6 is 11.8 Å². The molecule has 2 N–H and O–H groups in total. The molecule has 0 unspecified atom stereocenters. The van der Waals surface area contributed by atoms with E-state index in [1.165, 1.54) is 38.3 Å². The quantitative estimate of drug-likeness (QED) is 0.0906. The first-order valence-corrected chi connectivity index (χ1v) is 35.4. The molecule has 0 spiro atoms. The van der Waals surface area contributed by atoms with Gasteiger partial charge in [0.1, 0.15) is 8.07 Å². The SMILES string of the molecule is CSc1cccc(C#Cc2ccc(-c3c4nc(c(-c5c(C)cc(C)cc5C)c5ccc([nH]5)c(-c5ccc(C#Cc6ccc(C#Cc7ccc(C#C[Si](C(C)C)(C(C)C)C(C)C)cc7)cc6)cc5)c5nc(c(-c6c(C)cc(C)cc6C)c6ccc3[nH]6)C=C5)C=C4)cc2)c1. The molecule has 0 aliphatic carbocycles. The van der Waals surface area contributed by atoms with E-state index in [4.69, 9.17) is 9.97 Å². The topological polar surface area (TPSA) is 57.4 Å². The van der Waals surface area contributed by atoms with Crippen molar-refractivity contribution in [2.75, 3.05) is 6.26 Å². The molecular weight excluding hydrogens is 1150 g/mol. The molecule has 0 saturated heterocycles. The molecule has 0 radical (unpaired) electrons. The minimum atomic E-state index is -1.81. The highest BCUT2D eigenvalue weighted by atomic mass is 32.2. The summed E-state index contributed by atoms with van der Waals surface area (Å²) in [6, 6.07) is 60.0. The van der Waals surface area contributed by atoms with Crippen molar-refractivity contribution in [3.05, 3.63) is 265 Å². The van der Waals surface area contributed by atoms with E-state index in [-0.39, 0.29) is 0 Å². The average molecular weight is 1230 g/mol. The van der Waals surface area contributed by atoms with Gasteiger partial charge in [0.25, 0.3) is 0 Å². The lowest BCUT2D eigenvalue weighted by Gasteiger charge is -2.38. The third kappa shape index (κ3) is 12.8. The molecule has 2 aliphatic heterocycles. The van der Waals surface area contributed by atoms with E-state index >= 15 is 0 Å². The number of hydrogen-bond acceptors (Lipinski definition) is 3. The Kier molecular flexibility index (Phi) is 17.8. The second-order valence-electron chi connectivity index (χ2n) is 25.5. The first kappa shape index (κ1) is 62.2. The zero-order valence-electron chi connectivity index (χ0n) is 55.0. The molecule has 0 atom stereocenters. The largest absolute Gasteiger partial charge is 0.354 e. The number of H-pyrrole nitrogens is 2. The first-order chi connectivity index (χ1) is 44.4. The summed E-state index contributed by atoms with van der Waals surface area (Å²) in [6.45, 7) is 27.3. The number of hydrogen-bond donors (Lipinski definition) is 2. The minimum Gasteiger partial charge on any atom is -0.354 e. The van der Waals surface area contributed by atoms with E-state index in [1.54, 1.807) is 11.8 Å². The van der Waals surface area contributed by atoms with E-state index in [0.29, 0.717) is 16.6 Å². The zero-order valence-corrected chi connectivity index (χ0v) is 56.8. The van der Waals surface area contributed by atoms with Gasteiger partial charge in [0.05, 0.1) is 22.8 Å². The first-order valence-electron chi connectivity index (χ1n) is 31.9. The zero-order chi connectivity index (χ0) is 64.4. The second-order valence-corrected chi connectivity index (χ2v) is 31.9. The lowest BCUT2D eigenvalue weighted by atomic mass is 9.92. The predicted octanol–water partition coefficient (Wildman–Crippen LogP) is 21.7. The third-order valence-corrected chi connectivity index (χ3v) is 25.2. The predicted molar refractivity (Wildman–Crippen MR) is 396 cm³/mol. The van der Waals surface area contributed by atoms with E-state index < -0.39 is 8.07 Å². The van der Waals surface area contributed by atoms with Crippen molar-refractivity contribution in [2.45, 2.75) is 105 Å². The third-order valence-electron chi connectivity index (χ3n) is 18.1. The van der Waals surface area contributed by atoms with Crippen LogP contribution in [0.15, 0.2) is 175 Å². The van der Waals surface area contributed by atoms with E-state index in [9.17, 15) is 0 Å². The smallest absolute Gasteiger partial charge is 0.146 e. The highest BCUT2D eigenvalue weighted by Gasteiger charge is 2.41. The molecule has 7 aromatic carbocycles. The van der Waals surface area contributed by atoms with Gasteiger partial charge in [0.2, 0.25) is 0 Å². The summed E-state index contributed by atoms with van der Waals surface area (Å²) in [4.78, 5) is 20.5. The van der Waals surface area contributed by atoms with Gasteiger partial charge in [-0.25, -0.2) is 9.97 Å². The molecule has 4 nitrogen and oxygen atoms in total. The Hall–Kier alpha value is -10.1. The van der Waals surface area contributed by atoms with Crippen LogP contribution in [0.2, 0.25) is 16.6 Å². The molecule has 3 aromatic heterocycles. The Morgan fingerprint density at radius 2 is 0.641 bits per heavy atom. The van der Waals surface area contributed by atoms with Crippen LogP contribution in [0.3, 0.4) is 0 Å². The molecule has 450 valence electrons. The lowest BCUT2D eigenvalue weighted by molar-refractivity contribution is 0.838. The van der Waals surface area contributed by atoms with Crippen molar-refractivity contribution in [3.63, 3.8) is 0 Å². The molecule has 92 heavy (non-hydrogen) atoms. The molecule has 12 rings (SSSR count). The van der Waals surface area contributed by atoms with Crippen LogP contribution in [0.25, 0.3) is 90.9 Å². The number of nitrogens with zero attached hydrogens (tertiary/aromatic N) is 2. The number of thioether (sulfide) groups is 1. The normalized spacial score (nSPS) is 11.7. The summed E-state index contributed by atoms with van der Waals surface area (Å²) >= 11 is 1.72. The van der Waals surface area contributed by atoms with Gasteiger partial charge < -0.3 is 9.97 Å². The van der Waals surface area contributed by atoms with Crippen LogP contribution in [0, 0.1) is 88.5 Å². The van der Waals surface area contributed by atoms with Gasteiger partial charge in [-0.1, -0.05) is 149 Å². The Morgan fingerprint density at radius 1 is 0.337 bits per heavy atom. The van der Waals surface area contributed by atoms with Crippen LogP contribution in [-0.4, -0.2) is 34.3 Å². The summed E-state index contributed by atoms with van der Waals surface area (Å²) in [6.07, 6.45) is 10.8. The summed E-state index contributed by atoms with van der Waals surface area (Å²) in [5.74, 6) is 24.0. The van der Waals surface area contributed by atoms with Crippen molar-refractivity contribution < 1.29 is 0 Å². The van der Waals surface area contributed by atoms with Gasteiger partial charge in [-0.15, -0.1) is 17.3 Å². The maximum Gasteiger partial charge on any atom is 0.146 e. The van der Waals surface area contributed by atoms with Gasteiger partial charge in [-0.3, -0.25) is 0 Å². The Labute approximate surface area is 549 Å². The van der Waals surface area contributed by atoms with Crippen molar-refractivity contribution in [1.82, 2.24) is 19.9 Å². The Morgan fingerprint density at radius 3 is 0.978 bits per heavy atom. The number of rotatable bonds is 8. The summed E-state index contributed by atoms with van der Waals surface area (Å²) in [5.41, 5.74) is 35.1. The van der Waals surface area contributed by atoms with E-state index in [1.807, 2.05) is 24.3 Å². The molecular formula is C86H76N4SSi. The van der Waals surface area contributed by atoms with Crippen molar-refractivity contribution in [1.29, 1.82) is 0 Å². The summed E-state index contributed by atoms with van der Waals surface area (Å²) < 4.78 is 0. The monoisotopic (exact) mass is 1220 g/mol. The van der Waals surface area contributed by atoms with Crippen LogP contribution < -0.4 is 0 Å². The number of nitrogens with one attached hydrogen (secondary N) is 2. The van der Waals surface area contributed by atoms with Crippen LogP contribution in [0.4, 0.5) is 0 Å². The van der Waals surface area contributed by atoms with Gasteiger partial charge >= 0.3 is 0 Å². The van der Waals surface area contributed by atoms with Crippen LogP contribution in [0.5, 0.6) is 0 Å². The number of aryl methyl sites for hydroxylation is 6. The van der Waals surface area contributed by atoms with Crippen molar-refractivity contribution in [3.8, 4) is 91.5 Å². The highest BCUT2D eigenvalue weighted by molar-refractivity contribution is 7.98. The lowest BCUT2D eigenvalue weighted by Crippen LogP contribution is -2.43. The molecule has 6 heteroatoms. The summed E-state index contributed by atoms with van der Waals surface area (Å²) in [7, 11) is -1.81. The second kappa shape index (κ2) is 26.4. The van der Waals surface area contributed by atoms with Gasteiger partial charge in [-0.2, -0.15) is 0 Å². The average Bonchev–Trinajstić information content (AvgIpc) is 1.64. The maximum absolute atomic E-state index is 5.66. The molecule has 5 heterocycles. The van der Waals surface area contributed by atoms with Gasteiger partial charge in [-0.05, 0) is 248 Å². The fourth-order valence-electron chi connectivity index (χ4n) is 13.9.